The Morgan fingerprint density at radius 2 is 1.84 bits per heavy atom. The number of rotatable bonds is 9. The van der Waals surface area contributed by atoms with Crippen molar-refractivity contribution in [2.75, 3.05) is 19.0 Å². The average Bonchev–Trinajstić information content (AvgIpc) is 3.13. The van der Waals surface area contributed by atoms with Gasteiger partial charge in [-0.15, -0.1) is 11.3 Å². The average molecular weight is 460 g/mol. The summed E-state index contributed by atoms with van der Waals surface area (Å²) < 4.78 is 10.6. The molecule has 0 unspecified atom stereocenters. The number of ether oxygens (including phenoxy) is 2. The number of nitrogens with zero attached hydrogens (tertiary/aromatic N) is 1. The number of hydrogen-bond acceptors (Lipinski definition) is 6. The van der Waals surface area contributed by atoms with Crippen molar-refractivity contribution in [1.82, 2.24) is 10.3 Å². The van der Waals surface area contributed by atoms with Crippen LogP contribution < -0.4 is 10.6 Å². The molecule has 1 heterocycles. The molecule has 162 valence electrons. The van der Waals surface area contributed by atoms with Crippen molar-refractivity contribution < 1.29 is 19.1 Å². The first-order valence-electron chi connectivity index (χ1n) is 9.52. The zero-order valence-corrected chi connectivity index (χ0v) is 18.5. The minimum absolute atomic E-state index is 0.00749. The third kappa shape index (κ3) is 7.36. The van der Waals surface area contributed by atoms with Crippen LogP contribution in [0.25, 0.3) is 0 Å². The molecule has 1 aromatic heterocycles. The maximum atomic E-state index is 12.3. The van der Waals surface area contributed by atoms with Crippen LogP contribution in [0.15, 0.2) is 54.6 Å². The van der Waals surface area contributed by atoms with E-state index in [1.165, 1.54) is 18.4 Å². The maximum absolute atomic E-state index is 12.3. The number of thiazole rings is 1. The van der Waals surface area contributed by atoms with Crippen LogP contribution in [0.1, 0.15) is 21.7 Å². The van der Waals surface area contributed by atoms with E-state index in [0.29, 0.717) is 28.9 Å². The minimum Gasteiger partial charge on any atom is -0.443 e. The summed E-state index contributed by atoms with van der Waals surface area (Å²) >= 11 is 7.40. The Morgan fingerprint density at radius 1 is 1.06 bits per heavy atom. The summed E-state index contributed by atoms with van der Waals surface area (Å²) in [6.07, 6.45) is -0.00740. The summed E-state index contributed by atoms with van der Waals surface area (Å²) in [5.41, 5.74) is 2.55. The van der Waals surface area contributed by atoms with E-state index in [4.69, 9.17) is 21.1 Å². The van der Waals surface area contributed by atoms with Gasteiger partial charge in [0.15, 0.2) is 5.13 Å². The highest BCUT2D eigenvalue weighted by Gasteiger charge is 2.16. The van der Waals surface area contributed by atoms with Gasteiger partial charge in [-0.3, -0.25) is 10.1 Å². The summed E-state index contributed by atoms with van der Waals surface area (Å²) in [6, 6.07) is 17.1. The number of aromatic nitrogens is 1. The van der Waals surface area contributed by atoms with Crippen LogP contribution in [0.4, 0.5) is 9.93 Å². The van der Waals surface area contributed by atoms with E-state index in [9.17, 15) is 9.59 Å². The standard InChI is InChI=1S/C22H22ClN3O4S/c1-24-22(28)30-13-18-19(11-16-8-5-9-17(23)10-16)31-21(25-18)26-20(27)14-29-12-15-6-3-2-4-7-15/h2-10H,11-14H2,1H3,(H,24,28)(H,25,26,27). The number of amides is 2. The third-order valence-corrected chi connectivity index (χ3v) is 5.42. The van der Waals surface area contributed by atoms with E-state index in [1.54, 1.807) is 6.07 Å². The van der Waals surface area contributed by atoms with Gasteiger partial charge in [0.05, 0.1) is 12.3 Å². The topological polar surface area (TPSA) is 89.5 Å². The molecule has 0 aliphatic carbocycles. The Hall–Kier alpha value is -2.94. The molecular formula is C22H22ClN3O4S. The predicted octanol–water partition coefficient (Wildman–Crippen LogP) is 4.40. The fraction of sp³-hybridized carbons (Fsp3) is 0.227. The van der Waals surface area contributed by atoms with E-state index in [1.807, 2.05) is 48.5 Å². The Labute approximate surface area is 189 Å². The first-order chi connectivity index (χ1) is 15.0. The highest BCUT2D eigenvalue weighted by Crippen LogP contribution is 2.27. The van der Waals surface area contributed by atoms with Gasteiger partial charge in [-0.1, -0.05) is 54.1 Å². The number of carbonyl (C=O) groups is 2. The second-order valence-corrected chi connectivity index (χ2v) is 8.07. The summed E-state index contributed by atoms with van der Waals surface area (Å²) in [5, 5.41) is 6.20. The number of alkyl carbamates (subject to hydrolysis) is 1. The van der Waals surface area contributed by atoms with E-state index < -0.39 is 6.09 Å². The van der Waals surface area contributed by atoms with Crippen molar-refractivity contribution in [3.05, 3.63) is 81.3 Å². The van der Waals surface area contributed by atoms with E-state index in [-0.39, 0.29) is 19.1 Å². The van der Waals surface area contributed by atoms with Crippen LogP contribution in [-0.2, 0) is 33.9 Å². The molecule has 2 N–H and O–H groups in total. The molecular weight excluding hydrogens is 438 g/mol. The first-order valence-corrected chi connectivity index (χ1v) is 10.7. The van der Waals surface area contributed by atoms with Crippen LogP contribution >= 0.6 is 22.9 Å². The highest BCUT2D eigenvalue weighted by molar-refractivity contribution is 7.15. The number of nitrogens with one attached hydrogen (secondary N) is 2. The lowest BCUT2D eigenvalue weighted by atomic mass is 10.1. The van der Waals surface area contributed by atoms with Gasteiger partial charge >= 0.3 is 6.09 Å². The van der Waals surface area contributed by atoms with Gasteiger partial charge in [0.25, 0.3) is 5.91 Å². The van der Waals surface area contributed by atoms with Gasteiger partial charge in [0.2, 0.25) is 0 Å². The summed E-state index contributed by atoms with van der Waals surface area (Å²) in [6.45, 7) is 0.242. The fourth-order valence-corrected chi connectivity index (χ4v) is 3.95. The lowest BCUT2D eigenvalue weighted by Crippen LogP contribution is -2.19. The third-order valence-electron chi connectivity index (χ3n) is 4.17. The molecule has 31 heavy (non-hydrogen) atoms. The monoisotopic (exact) mass is 459 g/mol. The van der Waals surface area contributed by atoms with Crippen molar-refractivity contribution in [2.45, 2.75) is 19.6 Å². The molecule has 9 heteroatoms. The molecule has 3 rings (SSSR count). The summed E-state index contributed by atoms with van der Waals surface area (Å²) in [7, 11) is 1.48. The molecule has 0 spiro atoms. The van der Waals surface area contributed by atoms with Crippen molar-refractivity contribution in [3.63, 3.8) is 0 Å². The largest absolute Gasteiger partial charge is 0.443 e. The SMILES string of the molecule is CNC(=O)OCc1nc(NC(=O)COCc2ccccc2)sc1Cc1cccc(Cl)c1. The quantitative estimate of drug-likeness (QED) is 0.495. The molecule has 0 bridgehead atoms. The van der Waals surface area contributed by atoms with Crippen molar-refractivity contribution >= 4 is 40.1 Å². The Kier molecular flexibility index (Phi) is 8.40. The maximum Gasteiger partial charge on any atom is 0.407 e. The zero-order valence-electron chi connectivity index (χ0n) is 16.9. The Morgan fingerprint density at radius 3 is 2.58 bits per heavy atom. The normalized spacial score (nSPS) is 10.5. The fourth-order valence-electron chi connectivity index (χ4n) is 2.72. The van der Waals surface area contributed by atoms with Crippen LogP contribution in [0.3, 0.4) is 0 Å². The van der Waals surface area contributed by atoms with Gasteiger partial charge in [0.1, 0.15) is 13.2 Å². The molecule has 0 atom stereocenters. The highest BCUT2D eigenvalue weighted by atomic mass is 35.5. The lowest BCUT2D eigenvalue weighted by molar-refractivity contribution is -0.121. The summed E-state index contributed by atoms with van der Waals surface area (Å²) in [5.74, 6) is -0.308. The molecule has 3 aromatic rings. The van der Waals surface area contributed by atoms with Crippen molar-refractivity contribution in [3.8, 4) is 0 Å². The predicted molar refractivity (Wildman–Crippen MR) is 120 cm³/mol. The van der Waals surface area contributed by atoms with Crippen molar-refractivity contribution in [1.29, 1.82) is 0 Å². The molecule has 0 radical (unpaired) electrons. The summed E-state index contributed by atoms with van der Waals surface area (Å²) in [4.78, 5) is 29.0. The van der Waals surface area contributed by atoms with Crippen LogP contribution in [0.5, 0.6) is 0 Å². The zero-order chi connectivity index (χ0) is 22.1. The van der Waals surface area contributed by atoms with E-state index >= 15 is 0 Å². The van der Waals surface area contributed by atoms with Crippen molar-refractivity contribution in [2.24, 2.45) is 0 Å². The van der Waals surface area contributed by atoms with E-state index in [0.717, 1.165) is 16.0 Å². The van der Waals surface area contributed by atoms with Crippen LogP contribution in [0, 0.1) is 0 Å². The molecule has 0 aliphatic rings. The van der Waals surface area contributed by atoms with Gasteiger partial charge in [-0.05, 0) is 23.3 Å². The molecule has 0 saturated carbocycles. The molecule has 0 saturated heterocycles. The van der Waals surface area contributed by atoms with Gasteiger partial charge in [-0.2, -0.15) is 0 Å². The minimum atomic E-state index is -0.554. The smallest absolute Gasteiger partial charge is 0.407 e. The number of halogens is 1. The molecule has 0 aliphatic heterocycles. The lowest BCUT2D eigenvalue weighted by Gasteiger charge is -2.05. The number of carbonyl (C=O) groups excluding carboxylic acids is 2. The molecule has 7 nitrogen and oxygen atoms in total. The molecule has 0 fully saturated rings. The number of benzene rings is 2. The molecule has 2 amide bonds. The second-order valence-electron chi connectivity index (χ2n) is 6.55. The van der Waals surface area contributed by atoms with Gasteiger partial charge in [-0.25, -0.2) is 9.78 Å². The van der Waals surface area contributed by atoms with Gasteiger partial charge in [0, 0.05) is 23.4 Å². The number of hydrogen-bond donors (Lipinski definition) is 2. The second kappa shape index (κ2) is 11.5. The molecule has 2 aromatic carbocycles. The Bertz CT molecular complexity index is 1030. The van der Waals surface area contributed by atoms with E-state index in [2.05, 4.69) is 15.6 Å². The van der Waals surface area contributed by atoms with Crippen LogP contribution in [0.2, 0.25) is 5.02 Å². The van der Waals surface area contributed by atoms with Gasteiger partial charge < -0.3 is 14.8 Å². The van der Waals surface area contributed by atoms with Crippen LogP contribution in [-0.4, -0.2) is 30.6 Å². The Balaban J connectivity index is 1.64. The first kappa shape index (κ1) is 22.7. The number of anilines is 1.